The van der Waals surface area contributed by atoms with Crippen molar-refractivity contribution in [3.8, 4) is 0 Å². The molecule has 2 aromatic rings. The van der Waals surface area contributed by atoms with Crippen LogP contribution in [0.3, 0.4) is 0 Å². The van der Waals surface area contributed by atoms with Crippen LogP contribution in [0.2, 0.25) is 0 Å². The quantitative estimate of drug-likeness (QED) is 0.821. The summed E-state index contributed by atoms with van der Waals surface area (Å²) in [5.41, 5.74) is 0. The Morgan fingerprint density at radius 3 is 2.30 bits per heavy atom. The van der Waals surface area contributed by atoms with Crippen LogP contribution in [0.15, 0.2) is 44.9 Å². The summed E-state index contributed by atoms with van der Waals surface area (Å²) in [5.74, 6) is -0.134. The molecule has 0 fully saturated rings. The lowest BCUT2D eigenvalue weighted by molar-refractivity contribution is 0.394. The molecular formula is C10H11N3O5S2. The third-order valence-electron chi connectivity index (χ3n) is 2.23. The van der Waals surface area contributed by atoms with Gasteiger partial charge in [0, 0.05) is 6.26 Å². The van der Waals surface area contributed by atoms with Crippen LogP contribution >= 0.6 is 0 Å². The minimum absolute atomic E-state index is 0.0860. The van der Waals surface area contributed by atoms with Crippen LogP contribution < -0.4 is 4.72 Å². The van der Waals surface area contributed by atoms with Gasteiger partial charge in [-0.25, -0.2) is 21.6 Å². The van der Waals surface area contributed by atoms with Gasteiger partial charge in [0.05, 0.1) is 11.4 Å². The summed E-state index contributed by atoms with van der Waals surface area (Å²) >= 11 is 0. The molecule has 1 aromatic carbocycles. The van der Waals surface area contributed by atoms with Crippen LogP contribution in [0, 0.1) is 0 Å². The van der Waals surface area contributed by atoms with E-state index in [1.165, 1.54) is 12.1 Å². The second-order valence-corrected chi connectivity index (χ2v) is 7.53. The van der Waals surface area contributed by atoms with Crippen molar-refractivity contribution in [2.75, 3.05) is 6.26 Å². The summed E-state index contributed by atoms with van der Waals surface area (Å²) in [6, 6.07) is 7.72. The number of sulfonamides is 1. The van der Waals surface area contributed by atoms with E-state index in [1.807, 2.05) is 0 Å². The highest BCUT2D eigenvalue weighted by molar-refractivity contribution is 7.90. The molecule has 0 aliphatic carbocycles. The molecule has 2 rings (SSSR count). The largest absolute Gasteiger partial charge is 0.411 e. The van der Waals surface area contributed by atoms with Crippen LogP contribution in [0.4, 0.5) is 0 Å². The Hall–Kier alpha value is -1.78. The highest BCUT2D eigenvalue weighted by atomic mass is 32.2. The van der Waals surface area contributed by atoms with Crippen molar-refractivity contribution in [2.24, 2.45) is 0 Å². The van der Waals surface area contributed by atoms with E-state index in [0.717, 1.165) is 6.26 Å². The third-order valence-corrected chi connectivity index (χ3v) is 4.45. The number of rotatable bonds is 5. The van der Waals surface area contributed by atoms with E-state index in [2.05, 4.69) is 14.9 Å². The second kappa shape index (κ2) is 5.31. The van der Waals surface area contributed by atoms with Gasteiger partial charge in [-0.05, 0) is 12.1 Å². The minimum atomic E-state index is -3.71. The Kier molecular flexibility index (Phi) is 3.88. The molecule has 8 nitrogen and oxygen atoms in total. The molecule has 0 amide bonds. The molecule has 1 N–H and O–H groups in total. The summed E-state index contributed by atoms with van der Waals surface area (Å²) in [7, 11) is -7.32. The lowest BCUT2D eigenvalue weighted by Gasteiger charge is -2.03. The maximum absolute atomic E-state index is 11.9. The van der Waals surface area contributed by atoms with Crippen LogP contribution in [0.5, 0.6) is 0 Å². The Balaban J connectivity index is 2.11. The number of sulfone groups is 1. The topological polar surface area (TPSA) is 119 Å². The van der Waals surface area contributed by atoms with Gasteiger partial charge in [-0.3, -0.25) is 0 Å². The first-order valence-electron chi connectivity index (χ1n) is 5.36. The van der Waals surface area contributed by atoms with Gasteiger partial charge in [-0.15, -0.1) is 5.10 Å². The lowest BCUT2D eigenvalue weighted by atomic mass is 10.4. The van der Waals surface area contributed by atoms with Gasteiger partial charge in [0.1, 0.15) is 0 Å². The second-order valence-electron chi connectivity index (χ2n) is 3.87. The molecule has 0 spiro atoms. The Morgan fingerprint density at radius 1 is 1.10 bits per heavy atom. The zero-order valence-electron chi connectivity index (χ0n) is 10.3. The monoisotopic (exact) mass is 317 g/mol. The van der Waals surface area contributed by atoms with Gasteiger partial charge >= 0.3 is 5.22 Å². The molecule has 0 aliphatic rings. The van der Waals surface area contributed by atoms with Crippen molar-refractivity contribution < 1.29 is 21.3 Å². The van der Waals surface area contributed by atoms with Crippen molar-refractivity contribution >= 4 is 19.9 Å². The number of benzene rings is 1. The molecule has 0 saturated heterocycles. The zero-order chi connectivity index (χ0) is 14.8. The number of hydrogen-bond donors (Lipinski definition) is 1. The van der Waals surface area contributed by atoms with Crippen LogP contribution in [-0.2, 0) is 26.4 Å². The lowest BCUT2D eigenvalue weighted by Crippen LogP contribution is -2.23. The standard InChI is InChI=1S/C10H11N3O5S2/c1-19(14,15)10-13-12-9(18-10)7-11-20(16,17)8-5-3-2-4-6-8/h2-6,11H,7H2,1H3. The van der Waals surface area contributed by atoms with E-state index in [1.54, 1.807) is 18.2 Å². The first-order valence-corrected chi connectivity index (χ1v) is 8.74. The first-order chi connectivity index (χ1) is 9.29. The summed E-state index contributed by atoms with van der Waals surface area (Å²) < 4.78 is 53.1. The zero-order valence-corrected chi connectivity index (χ0v) is 12.0. The Morgan fingerprint density at radius 2 is 1.75 bits per heavy atom. The predicted molar refractivity (Wildman–Crippen MR) is 67.9 cm³/mol. The summed E-state index contributed by atoms with van der Waals surface area (Å²) in [6.45, 7) is -0.292. The van der Waals surface area contributed by atoms with Gasteiger partial charge < -0.3 is 4.42 Å². The SMILES string of the molecule is CS(=O)(=O)c1nnc(CNS(=O)(=O)c2ccccc2)o1. The van der Waals surface area contributed by atoms with E-state index < -0.39 is 25.1 Å². The van der Waals surface area contributed by atoms with Crippen molar-refractivity contribution in [1.82, 2.24) is 14.9 Å². The third kappa shape index (κ3) is 3.40. The Bertz CT molecular complexity index is 796. The molecule has 0 atom stereocenters. The molecule has 1 aromatic heterocycles. The summed E-state index contributed by atoms with van der Waals surface area (Å²) in [5, 5.41) is 6.23. The van der Waals surface area contributed by atoms with Crippen molar-refractivity contribution in [1.29, 1.82) is 0 Å². The van der Waals surface area contributed by atoms with E-state index in [9.17, 15) is 16.8 Å². The molecule has 0 aliphatic heterocycles. The van der Waals surface area contributed by atoms with Gasteiger partial charge in [0.2, 0.25) is 25.8 Å². The van der Waals surface area contributed by atoms with Gasteiger partial charge in [0.25, 0.3) is 0 Å². The number of aromatic nitrogens is 2. The molecule has 108 valence electrons. The highest BCUT2D eigenvalue weighted by Crippen LogP contribution is 2.10. The number of nitrogens with one attached hydrogen (secondary N) is 1. The van der Waals surface area contributed by atoms with Gasteiger partial charge in [-0.2, -0.15) is 0 Å². The maximum atomic E-state index is 11.9. The van der Waals surface area contributed by atoms with E-state index >= 15 is 0 Å². The fraction of sp³-hybridized carbons (Fsp3) is 0.200. The van der Waals surface area contributed by atoms with Crippen LogP contribution in [0.25, 0.3) is 0 Å². The highest BCUT2D eigenvalue weighted by Gasteiger charge is 2.18. The molecule has 20 heavy (non-hydrogen) atoms. The van der Waals surface area contributed by atoms with Gasteiger partial charge in [0.15, 0.2) is 0 Å². The normalized spacial score (nSPS) is 12.4. The molecular weight excluding hydrogens is 306 g/mol. The average Bonchev–Trinajstić information content (AvgIpc) is 2.86. The molecule has 10 heteroatoms. The molecule has 1 heterocycles. The summed E-state index contributed by atoms with van der Waals surface area (Å²) in [6.07, 6.45) is 0.915. The fourth-order valence-electron chi connectivity index (χ4n) is 1.30. The number of nitrogens with zero attached hydrogens (tertiary/aromatic N) is 2. The van der Waals surface area contributed by atoms with E-state index in [-0.39, 0.29) is 17.3 Å². The molecule has 0 radical (unpaired) electrons. The molecule has 0 saturated carbocycles. The van der Waals surface area contributed by atoms with E-state index in [4.69, 9.17) is 4.42 Å². The summed E-state index contributed by atoms with van der Waals surface area (Å²) in [4.78, 5) is 0.0860. The minimum Gasteiger partial charge on any atom is -0.411 e. The predicted octanol–water partition coefficient (Wildman–Crippen LogP) is -0.0484. The molecule has 0 bridgehead atoms. The fourth-order valence-corrected chi connectivity index (χ4v) is 2.73. The Labute approximate surface area is 115 Å². The van der Waals surface area contributed by atoms with Crippen molar-refractivity contribution in [2.45, 2.75) is 16.7 Å². The molecule has 0 unspecified atom stereocenters. The van der Waals surface area contributed by atoms with Crippen LogP contribution in [0.1, 0.15) is 5.89 Å². The van der Waals surface area contributed by atoms with Crippen LogP contribution in [-0.4, -0.2) is 33.3 Å². The van der Waals surface area contributed by atoms with E-state index in [0.29, 0.717) is 0 Å². The van der Waals surface area contributed by atoms with Gasteiger partial charge in [-0.1, -0.05) is 23.3 Å². The smallest absolute Gasteiger partial charge is 0.335 e. The van der Waals surface area contributed by atoms with Crippen molar-refractivity contribution in [3.05, 3.63) is 36.2 Å². The first kappa shape index (κ1) is 14.6. The maximum Gasteiger partial charge on any atom is 0.335 e. The number of hydrogen-bond acceptors (Lipinski definition) is 7. The average molecular weight is 317 g/mol. The van der Waals surface area contributed by atoms with Crippen molar-refractivity contribution in [3.63, 3.8) is 0 Å².